The summed E-state index contributed by atoms with van der Waals surface area (Å²) < 4.78 is 7.19. The quantitative estimate of drug-likeness (QED) is 0.779. The van der Waals surface area contributed by atoms with Crippen molar-refractivity contribution in [1.82, 2.24) is 14.7 Å². The predicted molar refractivity (Wildman–Crippen MR) is 76.3 cm³/mol. The van der Waals surface area contributed by atoms with Crippen molar-refractivity contribution < 1.29 is 14.4 Å². The van der Waals surface area contributed by atoms with Gasteiger partial charge in [-0.25, -0.2) is 4.79 Å². The number of aromatic carboxylic acids is 1. The third-order valence-corrected chi connectivity index (χ3v) is 3.31. The summed E-state index contributed by atoms with van der Waals surface area (Å²) in [5.41, 5.74) is 1.22. The van der Waals surface area contributed by atoms with Gasteiger partial charge in [-0.1, -0.05) is 12.1 Å². The molecular weight excluding hydrogens is 270 g/mol. The number of aromatic nitrogens is 3. The molecule has 0 radical (unpaired) electrons. The Bertz CT molecular complexity index is 788. The molecule has 0 aliphatic heterocycles. The van der Waals surface area contributed by atoms with E-state index in [0.29, 0.717) is 12.4 Å². The predicted octanol–water partition coefficient (Wildman–Crippen LogP) is 2.72. The lowest BCUT2D eigenvalue weighted by molar-refractivity contribution is 0.0697. The van der Waals surface area contributed by atoms with Gasteiger partial charge in [0.25, 0.3) is 0 Å². The van der Waals surface area contributed by atoms with E-state index < -0.39 is 5.97 Å². The van der Waals surface area contributed by atoms with Gasteiger partial charge >= 0.3 is 5.97 Å². The van der Waals surface area contributed by atoms with Crippen LogP contribution in [0.2, 0.25) is 0 Å². The van der Waals surface area contributed by atoms with E-state index in [1.165, 1.54) is 0 Å². The first-order valence-corrected chi connectivity index (χ1v) is 6.81. The lowest BCUT2D eigenvalue weighted by atomic mass is 10.1. The molecule has 0 amide bonds. The smallest absolute Gasteiger partial charge is 0.335 e. The van der Waals surface area contributed by atoms with Gasteiger partial charge in [0.05, 0.1) is 5.56 Å². The molecule has 0 saturated carbocycles. The molecule has 6 heteroatoms. The van der Waals surface area contributed by atoms with Crippen LogP contribution in [0.5, 0.6) is 0 Å². The lowest BCUT2D eigenvalue weighted by Gasteiger charge is -2.02. The SMILES string of the molecule is CCCc1noc(Cn2ccc3cc(C(=O)O)ccc32)n1. The van der Waals surface area contributed by atoms with Gasteiger partial charge in [-0.05, 0) is 30.7 Å². The molecule has 6 nitrogen and oxygen atoms in total. The second-order valence-electron chi connectivity index (χ2n) is 4.88. The Balaban J connectivity index is 1.88. The summed E-state index contributed by atoms with van der Waals surface area (Å²) in [5, 5.41) is 13.8. The van der Waals surface area contributed by atoms with Crippen LogP contribution < -0.4 is 0 Å². The van der Waals surface area contributed by atoms with Gasteiger partial charge in [0.2, 0.25) is 5.89 Å². The normalized spacial score (nSPS) is 11.1. The van der Waals surface area contributed by atoms with Crippen LogP contribution in [0.3, 0.4) is 0 Å². The maximum Gasteiger partial charge on any atom is 0.335 e. The van der Waals surface area contributed by atoms with Gasteiger partial charge in [-0.15, -0.1) is 0 Å². The maximum atomic E-state index is 11.0. The highest BCUT2D eigenvalue weighted by Gasteiger charge is 2.10. The second-order valence-corrected chi connectivity index (χ2v) is 4.88. The van der Waals surface area contributed by atoms with Gasteiger partial charge < -0.3 is 14.2 Å². The number of hydrogen-bond donors (Lipinski definition) is 1. The first-order chi connectivity index (χ1) is 10.2. The fourth-order valence-electron chi connectivity index (χ4n) is 2.30. The highest BCUT2D eigenvalue weighted by molar-refractivity contribution is 5.93. The monoisotopic (exact) mass is 285 g/mol. The summed E-state index contributed by atoms with van der Waals surface area (Å²) >= 11 is 0. The van der Waals surface area contributed by atoms with Crippen molar-refractivity contribution in [2.75, 3.05) is 0 Å². The molecule has 0 saturated heterocycles. The number of carboxylic acids is 1. The molecule has 1 N–H and O–H groups in total. The average Bonchev–Trinajstić information content (AvgIpc) is 3.07. The summed E-state index contributed by atoms with van der Waals surface area (Å²) in [6.45, 7) is 2.54. The highest BCUT2D eigenvalue weighted by Crippen LogP contribution is 2.19. The Labute approximate surface area is 121 Å². The number of aryl methyl sites for hydroxylation is 1. The Morgan fingerprint density at radius 1 is 1.38 bits per heavy atom. The second kappa shape index (κ2) is 5.40. The van der Waals surface area contributed by atoms with Crippen LogP contribution in [-0.4, -0.2) is 25.8 Å². The molecule has 0 atom stereocenters. The standard InChI is InChI=1S/C15H15N3O3/c1-2-3-13-16-14(21-17-13)9-18-7-6-10-8-11(15(19)20)4-5-12(10)18/h4-8H,2-3,9H2,1H3,(H,19,20). The summed E-state index contributed by atoms with van der Waals surface area (Å²) in [4.78, 5) is 15.3. The van der Waals surface area contributed by atoms with Gasteiger partial charge in [-0.3, -0.25) is 0 Å². The first-order valence-electron chi connectivity index (χ1n) is 6.81. The van der Waals surface area contributed by atoms with Crippen molar-refractivity contribution in [1.29, 1.82) is 0 Å². The van der Waals surface area contributed by atoms with Crippen molar-refractivity contribution >= 4 is 16.9 Å². The third-order valence-electron chi connectivity index (χ3n) is 3.31. The highest BCUT2D eigenvalue weighted by atomic mass is 16.5. The number of carbonyl (C=O) groups is 1. The van der Waals surface area contributed by atoms with E-state index in [9.17, 15) is 4.79 Å². The molecule has 108 valence electrons. The van der Waals surface area contributed by atoms with Crippen LogP contribution in [-0.2, 0) is 13.0 Å². The molecule has 0 spiro atoms. The van der Waals surface area contributed by atoms with Crippen LogP contribution in [0.25, 0.3) is 10.9 Å². The van der Waals surface area contributed by atoms with E-state index in [-0.39, 0.29) is 5.56 Å². The first kappa shape index (κ1) is 13.4. The van der Waals surface area contributed by atoms with Gasteiger partial charge in [-0.2, -0.15) is 4.98 Å². The molecule has 1 aromatic carbocycles. The van der Waals surface area contributed by atoms with Crippen molar-refractivity contribution in [3.63, 3.8) is 0 Å². The van der Waals surface area contributed by atoms with Crippen LogP contribution in [0.1, 0.15) is 35.4 Å². The minimum Gasteiger partial charge on any atom is -0.478 e. The zero-order valence-corrected chi connectivity index (χ0v) is 11.6. The van der Waals surface area contributed by atoms with Crippen molar-refractivity contribution in [3.05, 3.63) is 47.7 Å². The van der Waals surface area contributed by atoms with Gasteiger partial charge in [0.1, 0.15) is 6.54 Å². The van der Waals surface area contributed by atoms with Crippen molar-refractivity contribution in [2.45, 2.75) is 26.3 Å². The zero-order chi connectivity index (χ0) is 14.8. The summed E-state index contributed by atoms with van der Waals surface area (Å²) in [7, 11) is 0. The molecule has 2 aromatic heterocycles. The minimum atomic E-state index is -0.925. The number of fused-ring (bicyclic) bond motifs is 1. The molecule has 0 fully saturated rings. The zero-order valence-electron chi connectivity index (χ0n) is 11.6. The van der Waals surface area contributed by atoms with E-state index >= 15 is 0 Å². The fraction of sp³-hybridized carbons (Fsp3) is 0.267. The number of carboxylic acid groups (broad SMARTS) is 1. The number of nitrogens with zero attached hydrogens (tertiary/aromatic N) is 3. The molecule has 3 aromatic rings. The topological polar surface area (TPSA) is 81.2 Å². The van der Waals surface area contributed by atoms with Crippen LogP contribution in [0, 0.1) is 0 Å². The van der Waals surface area contributed by atoms with Crippen molar-refractivity contribution in [2.24, 2.45) is 0 Å². The summed E-state index contributed by atoms with van der Waals surface area (Å²) in [6.07, 6.45) is 3.67. The molecule has 0 bridgehead atoms. The third kappa shape index (κ3) is 2.65. The van der Waals surface area contributed by atoms with E-state index in [0.717, 1.165) is 29.6 Å². The van der Waals surface area contributed by atoms with E-state index in [1.54, 1.807) is 18.2 Å². The van der Waals surface area contributed by atoms with Gasteiger partial charge in [0, 0.05) is 23.5 Å². The Morgan fingerprint density at radius 2 is 2.24 bits per heavy atom. The molecule has 2 heterocycles. The number of hydrogen-bond acceptors (Lipinski definition) is 4. The average molecular weight is 285 g/mol. The fourth-order valence-corrected chi connectivity index (χ4v) is 2.30. The van der Waals surface area contributed by atoms with Crippen LogP contribution in [0.4, 0.5) is 0 Å². The maximum absolute atomic E-state index is 11.0. The molecular formula is C15H15N3O3. The Kier molecular flexibility index (Phi) is 3.43. The van der Waals surface area contributed by atoms with Crippen LogP contribution in [0.15, 0.2) is 35.0 Å². The van der Waals surface area contributed by atoms with E-state index in [4.69, 9.17) is 9.63 Å². The summed E-state index contributed by atoms with van der Waals surface area (Å²) in [5.74, 6) is 0.348. The van der Waals surface area contributed by atoms with Gasteiger partial charge in [0.15, 0.2) is 5.82 Å². The largest absolute Gasteiger partial charge is 0.478 e. The molecule has 21 heavy (non-hydrogen) atoms. The van der Waals surface area contributed by atoms with Crippen molar-refractivity contribution in [3.8, 4) is 0 Å². The number of rotatable bonds is 5. The molecule has 0 unspecified atom stereocenters. The lowest BCUT2D eigenvalue weighted by Crippen LogP contribution is -1.99. The Morgan fingerprint density at radius 3 is 3.00 bits per heavy atom. The molecule has 3 rings (SSSR count). The summed E-state index contributed by atoms with van der Waals surface area (Å²) in [6, 6.07) is 6.93. The Hall–Kier alpha value is -2.63. The minimum absolute atomic E-state index is 0.281. The molecule has 0 aliphatic rings. The van der Waals surface area contributed by atoms with E-state index in [1.807, 2.05) is 16.8 Å². The van der Waals surface area contributed by atoms with E-state index in [2.05, 4.69) is 17.1 Å². The number of benzene rings is 1. The molecule has 0 aliphatic carbocycles. The van der Waals surface area contributed by atoms with Crippen LogP contribution >= 0.6 is 0 Å².